The van der Waals surface area contributed by atoms with E-state index in [1.807, 2.05) is 6.92 Å². The van der Waals surface area contributed by atoms with Crippen molar-refractivity contribution in [2.45, 2.75) is 17.7 Å². The van der Waals surface area contributed by atoms with E-state index in [0.717, 1.165) is 9.35 Å². The zero-order valence-electron chi connectivity index (χ0n) is 8.94. The van der Waals surface area contributed by atoms with Gasteiger partial charge in [0.1, 0.15) is 9.97 Å². The summed E-state index contributed by atoms with van der Waals surface area (Å²) in [5.74, 6) is 0.584. The van der Waals surface area contributed by atoms with Gasteiger partial charge < -0.3 is 4.42 Å². The number of hydrogen-bond donors (Lipinski definition) is 1. The highest BCUT2D eigenvalue weighted by atomic mass is 79.9. The minimum Gasteiger partial charge on any atom is -0.468 e. The molecule has 2 aromatic heterocycles. The van der Waals surface area contributed by atoms with Crippen molar-refractivity contribution in [3.63, 3.8) is 0 Å². The van der Waals surface area contributed by atoms with Gasteiger partial charge in [0.15, 0.2) is 0 Å². The van der Waals surface area contributed by atoms with Crippen LogP contribution in [0.3, 0.4) is 0 Å². The van der Waals surface area contributed by atoms with Crippen LogP contribution in [0, 0.1) is 6.92 Å². The fourth-order valence-corrected chi connectivity index (χ4v) is 4.48. The summed E-state index contributed by atoms with van der Waals surface area (Å²) in [4.78, 5) is 0. The smallest absolute Gasteiger partial charge is 0.250 e. The molecule has 0 aliphatic rings. The molecule has 92 valence electrons. The summed E-state index contributed by atoms with van der Waals surface area (Å²) in [7, 11) is -3.46. The number of sulfonamides is 1. The van der Waals surface area contributed by atoms with Gasteiger partial charge in [-0.25, -0.2) is 13.1 Å². The molecule has 0 radical (unpaired) electrons. The van der Waals surface area contributed by atoms with Crippen molar-refractivity contribution < 1.29 is 12.8 Å². The molecule has 0 unspecified atom stereocenters. The summed E-state index contributed by atoms with van der Waals surface area (Å²) < 4.78 is 32.5. The molecule has 0 saturated heterocycles. The van der Waals surface area contributed by atoms with E-state index in [9.17, 15) is 8.42 Å². The fourth-order valence-electron chi connectivity index (χ4n) is 1.21. The lowest BCUT2D eigenvalue weighted by molar-refractivity contribution is 0.499. The summed E-state index contributed by atoms with van der Waals surface area (Å²) in [5.41, 5.74) is 0.911. The summed E-state index contributed by atoms with van der Waals surface area (Å²) in [5, 5.41) is 0. The van der Waals surface area contributed by atoms with E-state index in [-0.39, 0.29) is 6.54 Å². The zero-order valence-corrected chi connectivity index (χ0v) is 12.2. The normalized spacial score (nSPS) is 11.9. The van der Waals surface area contributed by atoms with Crippen LogP contribution in [-0.2, 0) is 16.6 Å². The zero-order chi connectivity index (χ0) is 12.5. The molecule has 7 heteroatoms. The van der Waals surface area contributed by atoms with E-state index in [1.165, 1.54) is 17.6 Å². The Labute approximate surface area is 112 Å². The molecule has 4 nitrogen and oxygen atoms in total. The van der Waals surface area contributed by atoms with Crippen molar-refractivity contribution in [3.05, 3.63) is 39.6 Å². The summed E-state index contributed by atoms with van der Waals surface area (Å²) in [6.07, 6.45) is 1.51. The van der Waals surface area contributed by atoms with Crippen LogP contribution in [0.25, 0.3) is 0 Å². The minimum atomic E-state index is -3.46. The SMILES string of the molecule is Cc1cc(S(=O)(=O)NCc2ccco2)sc1Br. The van der Waals surface area contributed by atoms with Gasteiger partial charge in [0, 0.05) is 0 Å². The second-order valence-corrected chi connectivity index (χ2v) is 7.79. The van der Waals surface area contributed by atoms with Crippen molar-refractivity contribution in [2.75, 3.05) is 0 Å². The third-order valence-corrected chi connectivity index (χ3v) is 6.13. The van der Waals surface area contributed by atoms with Crippen LogP contribution in [0.1, 0.15) is 11.3 Å². The molecule has 0 aromatic carbocycles. The van der Waals surface area contributed by atoms with Crippen LogP contribution in [0.4, 0.5) is 0 Å². The van der Waals surface area contributed by atoms with E-state index in [1.54, 1.807) is 18.2 Å². The first-order valence-corrected chi connectivity index (χ1v) is 7.86. The maximum Gasteiger partial charge on any atom is 0.250 e. The van der Waals surface area contributed by atoms with Gasteiger partial charge in [0.05, 0.1) is 16.6 Å². The fraction of sp³-hybridized carbons (Fsp3) is 0.200. The predicted octanol–water partition coefficient (Wildman–Crippen LogP) is 2.89. The Bertz CT molecular complexity index is 582. The Morgan fingerprint density at radius 2 is 2.29 bits per heavy atom. The van der Waals surface area contributed by atoms with Crippen LogP contribution < -0.4 is 4.72 Å². The molecule has 2 rings (SSSR count). The summed E-state index contributed by atoms with van der Waals surface area (Å²) >= 11 is 4.50. The average molecular weight is 336 g/mol. The molecule has 2 aromatic rings. The standard InChI is InChI=1S/C10H10BrNO3S2/c1-7-5-9(16-10(7)11)17(13,14)12-6-8-3-2-4-15-8/h2-5,12H,6H2,1H3. The lowest BCUT2D eigenvalue weighted by Gasteiger charge is -2.01. The topological polar surface area (TPSA) is 59.3 Å². The van der Waals surface area contributed by atoms with Gasteiger partial charge in [0.2, 0.25) is 0 Å². The number of thiophene rings is 1. The number of hydrogen-bond acceptors (Lipinski definition) is 4. The van der Waals surface area contributed by atoms with Gasteiger partial charge in [-0.15, -0.1) is 11.3 Å². The van der Waals surface area contributed by atoms with E-state index in [4.69, 9.17) is 4.42 Å². The third-order valence-electron chi connectivity index (χ3n) is 2.12. The Kier molecular flexibility index (Phi) is 3.72. The molecule has 17 heavy (non-hydrogen) atoms. The second kappa shape index (κ2) is 4.93. The first kappa shape index (κ1) is 12.8. The Morgan fingerprint density at radius 1 is 1.53 bits per heavy atom. The van der Waals surface area contributed by atoms with Crippen molar-refractivity contribution in [3.8, 4) is 0 Å². The van der Waals surface area contributed by atoms with E-state index >= 15 is 0 Å². The summed E-state index contributed by atoms with van der Waals surface area (Å²) in [6.45, 7) is 2.01. The second-order valence-electron chi connectivity index (χ2n) is 3.43. The first-order valence-electron chi connectivity index (χ1n) is 4.77. The molecular weight excluding hydrogens is 326 g/mol. The Balaban J connectivity index is 2.14. The molecule has 0 aliphatic heterocycles. The molecule has 2 heterocycles. The number of halogens is 1. The molecule has 0 saturated carbocycles. The van der Waals surface area contributed by atoms with Crippen LogP contribution in [0.5, 0.6) is 0 Å². The van der Waals surface area contributed by atoms with Crippen molar-refractivity contribution in [1.29, 1.82) is 0 Å². The van der Waals surface area contributed by atoms with Gasteiger partial charge in [-0.2, -0.15) is 0 Å². The van der Waals surface area contributed by atoms with Gasteiger partial charge in [-0.05, 0) is 46.6 Å². The van der Waals surface area contributed by atoms with Gasteiger partial charge in [0.25, 0.3) is 10.0 Å². The highest BCUT2D eigenvalue weighted by Crippen LogP contribution is 2.30. The van der Waals surface area contributed by atoms with Crippen molar-refractivity contribution >= 4 is 37.3 Å². The predicted molar refractivity (Wildman–Crippen MR) is 69.5 cm³/mol. The number of aryl methyl sites for hydroxylation is 1. The monoisotopic (exact) mass is 335 g/mol. The molecule has 0 bridgehead atoms. The van der Waals surface area contributed by atoms with Crippen LogP contribution in [0.2, 0.25) is 0 Å². The van der Waals surface area contributed by atoms with E-state index in [0.29, 0.717) is 9.97 Å². The molecule has 0 atom stereocenters. The van der Waals surface area contributed by atoms with E-state index < -0.39 is 10.0 Å². The molecule has 1 N–H and O–H groups in total. The lowest BCUT2D eigenvalue weighted by atomic mass is 10.4. The van der Waals surface area contributed by atoms with Crippen molar-refractivity contribution in [2.24, 2.45) is 0 Å². The highest BCUT2D eigenvalue weighted by Gasteiger charge is 2.18. The molecule has 0 aliphatic carbocycles. The maximum atomic E-state index is 11.9. The van der Waals surface area contributed by atoms with E-state index in [2.05, 4.69) is 20.7 Å². The molecule has 0 fully saturated rings. The van der Waals surface area contributed by atoms with Crippen LogP contribution in [0.15, 0.2) is 36.9 Å². The largest absolute Gasteiger partial charge is 0.468 e. The maximum absolute atomic E-state index is 11.9. The molecule has 0 amide bonds. The Morgan fingerprint density at radius 3 is 2.82 bits per heavy atom. The minimum absolute atomic E-state index is 0.157. The molecule has 0 spiro atoms. The lowest BCUT2D eigenvalue weighted by Crippen LogP contribution is -2.22. The summed E-state index contributed by atoms with van der Waals surface area (Å²) in [6, 6.07) is 5.08. The quantitative estimate of drug-likeness (QED) is 0.934. The van der Waals surface area contributed by atoms with Gasteiger partial charge in [-0.1, -0.05) is 0 Å². The number of rotatable bonds is 4. The number of furan rings is 1. The average Bonchev–Trinajstić information content (AvgIpc) is 2.87. The number of nitrogens with one attached hydrogen (secondary N) is 1. The van der Waals surface area contributed by atoms with Crippen LogP contribution in [-0.4, -0.2) is 8.42 Å². The van der Waals surface area contributed by atoms with Crippen molar-refractivity contribution in [1.82, 2.24) is 4.72 Å². The van der Waals surface area contributed by atoms with Gasteiger partial charge in [-0.3, -0.25) is 0 Å². The molecular formula is C10H10BrNO3S2. The highest BCUT2D eigenvalue weighted by molar-refractivity contribution is 9.11. The van der Waals surface area contributed by atoms with Gasteiger partial charge >= 0.3 is 0 Å². The third kappa shape index (κ3) is 2.98. The Hall–Kier alpha value is -0.630. The first-order chi connectivity index (χ1) is 7.99. The van der Waals surface area contributed by atoms with Crippen LogP contribution >= 0.6 is 27.3 Å².